The summed E-state index contributed by atoms with van der Waals surface area (Å²) in [6.07, 6.45) is 3.94. The third kappa shape index (κ3) is 3.46. The van der Waals surface area contributed by atoms with Crippen LogP contribution in [0.3, 0.4) is 0 Å². The number of aryl methyl sites for hydroxylation is 1. The van der Waals surface area contributed by atoms with Crippen molar-refractivity contribution < 1.29 is 22.1 Å². The number of hydrogen-bond acceptors (Lipinski definition) is 6. The molecule has 2 aromatic rings. The van der Waals surface area contributed by atoms with Crippen LogP contribution in [0.4, 0.5) is 0 Å². The summed E-state index contributed by atoms with van der Waals surface area (Å²) in [5.41, 5.74) is 4.41. The molecule has 0 spiro atoms. The molecule has 30 heavy (non-hydrogen) atoms. The van der Waals surface area contributed by atoms with Crippen molar-refractivity contribution in [2.45, 2.75) is 25.3 Å². The highest BCUT2D eigenvalue weighted by Gasteiger charge is 2.48. The van der Waals surface area contributed by atoms with Gasteiger partial charge in [-0.3, -0.25) is 13.9 Å². The van der Waals surface area contributed by atoms with Crippen LogP contribution in [0.15, 0.2) is 35.9 Å². The molecule has 4 rings (SSSR count). The van der Waals surface area contributed by atoms with Gasteiger partial charge in [0.05, 0.1) is 31.9 Å². The van der Waals surface area contributed by atoms with Crippen molar-refractivity contribution in [2.24, 2.45) is 13.0 Å². The Morgan fingerprint density at radius 1 is 1.30 bits per heavy atom. The van der Waals surface area contributed by atoms with E-state index < -0.39 is 10.1 Å². The molecule has 0 unspecified atom stereocenters. The van der Waals surface area contributed by atoms with E-state index in [1.54, 1.807) is 0 Å². The number of ether oxygens (including phenoxy) is 1. The number of methoxy groups -OCH3 is 1. The molecule has 0 saturated carbocycles. The molecule has 0 N–H and O–H groups in total. The second-order valence-electron chi connectivity index (χ2n) is 8.09. The van der Waals surface area contributed by atoms with Crippen molar-refractivity contribution >= 4 is 27.0 Å². The van der Waals surface area contributed by atoms with Gasteiger partial charge in [0.15, 0.2) is 0 Å². The van der Waals surface area contributed by atoms with Gasteiger partial charge in [-0.2, -0.15) is 8.42 Å². The predicted octanol–water partition coefficient (Wildman–Crippen LogP) is 2.73. The summed E-state index contributed by atoms with van der Waals surface area (Å²) in [5.74, 6) is -0.477. The summed E-state index contributed by atoms with van der Waals surface area (Å²) in [6.45, 7) is 3.27. The van der Waals surface area contributed by atoms with Gasteiger partial charge in [-0.1, -0.05) is 29.8 Å². The van der Waals surface area contributed by atoms with Crippen LogP contribution >= 0.6 is 0 Å². The Morgan fingerprint density at radius 2 is 2.03 bits per heavy atom. The second kappa shape index (κ2) is 7.83. The lowest BCUT2D eigenvalue weighted by Gasteiger charge is -2.47. The van der Waals surface area contributed by atoms with Crippen LogP contribution in [0, 0.1) is 5.92 Å². The van der Waals surface area contributed by atoms with Gasteiger partial charge < -0.3 is 9.30 Å². The molecule has 7 nitrogen and oxygen atoms in total. The third-order valence-corrected chi connectivity index (χ3v) is 7.10. The molecular weight excluding hydrogens is 404 g/mol. The standard InChI is InChI=1S/C22H28N2O5S/c1-5-14-13-24(10-11-29-30(4,26)27)18-12-16(14)20(22(25)28-3)19-15-8-6-7-9-17(15)23(2)21(18)19/h5-9,16,18,20H,10-13H2,1-4H3/b14-5-/t16-,18-,20-/m0/s1. The highest BCUT2D eigenvalue weighted by atomic mass is 32.2. The number of carbonyl (C=O) groups is 1. The van der Waals surface area contributed by atoms with E-state index >= 15 is 0 Å². The monoisotopic (exact) mass is 432 g/mol. The van der Waals surface area contributed by atoms with Crippen molar-refractivity contribution in [3.63, 3.8) is 0 Å². The summed E-state index contributed by atoms with van der Waals surface area (Å²) >= 11 is 0. The molecule has 2 bridgehead atoms. The lowest BCUT2D eigenvalue weighted by molar-refractivity contribution is -0.144. The van der Waals surface area contributed by atoms with E-state index in [0.29, 0.717) is 13.1 Å². The molecule has 162 valence electrons. The zero-order valence-corrected chi connectivity index (χ0v) is 18.6. The van der Waals surface area contributed by atoms with Crippen LogP contribution in [0.2, 0.25) is 0 Å². The number of para-hydroxylation sites is 1. The predicted molar refractivity (Wildman–Crippen MR) is 115 cm³/mol. The number of fused-ring (bicyclic) bond motifs is 6. The van der Waals surface area contributed by atoms with Crippen molar-refractivity contribution in [1.29, 1.82) is 0 Å². The maximum atomic E-state index is 12.9. The van der Waals surface area contributed by atoms with Crippen LogP contribution in [-0.2, 0) is 30.9 Å². The van der Waals surface area contributed by atoms with E-state index in [0.717, 1.165) is 34.8 Å². The van der Waals surface area contributed by atoms with Gasteiger partial charge >= 0.3 is 5.97 Å². The van der Waals surface area contributed by atoms with Crippen molar-refractivity contribution in [3.8, 4) is 0 Å². The minimum atomic E-state index is -3.49. The molecule has 8 heteroatoms. The van der Waals surface area contributed by atoms with E-state index in [2.05, 4.69) is 27.7 Å². The first kappa shape index (κ1) is 21.1. The molecule has 2 heterocycles. The van der Waals surface area contributed by atoms with E-state index in [4.69, 9.17) is 8.92 Å². The normalized spacial score (nSPS) is 25.5. The van der Waals surface area contributed by atoms with E-state index in [-0.39, 0.29) is 30.5 Å². The lowest BCUT2D eigenvalue weighted by Crippen LogP contribution is -2.47. The quantitative estimate of drug-likeness (QED) is 0.411. The van der Waals surface area contributed by atoms with Crippen LogP contribution < -0.4 is 0 Å². The summed E-state index contributed by atoms with van der Waals surface area (Å²) in [5, 5.41) is 1.07. The third-order valence-electron chi connectivity index (χ3n) is 6.50. The van der Waals surface area contributed by atoms with Crippen LogP contribution in [0.1, 0.15) is 36.6 Å². The van der Waals surface area contributed by atoms with Crippen molar-refractivity contribution in [3.05, 3.63) is 47.2 Å². The fraction of sp³-hybridized carbons (Fsp3) is 0.500. The van der Waals surface area contributed by atoms with Crippen LogP contribution in [-0.4, -0.2) is 56.9 Å². The highest BCUT2D eigenvalue weighted by Crippen LogP contribution is 2.53. The first-order valence-electron chi connectivity index (χ1n) is 10.1. The number of rotatable bonds is 5. The minimum absolute atomic E-state index is 0.0674. The molecule has 2 aliphatic rings. The Bertz CT molecular complexity index is 1120. The lowest BCUT2D eigenvalue weighted by atomic mass is 9.68. The fourth-order valence-electron chi connectivity index (χ4n) is 5.27. The average molecular weight is 433 g/mol. The zero-order valence-electron chi connectivity index (χ0n) is 17.8. The number of aromatic nitrogens is 1. The van der Waals surface area contributed by atoms with Gasteiger partial charge in [0, 0.05) is 42.7 Å². The Hall–Kier alpha value is -2.16. The SMILES string of the molecule is C/C=C1/CN(CCOS(C)(=O)=O)[C@H]2C[C@@H]1[C@H](C(=O)OC)c1c2n(C)c2ccccc12. The number of nitrogens with zero attached hydrogens (tertiary/aromatic N) is 2. The summed E-state index contributed by atoms with van der Waals surface area (Å²) in [6, 6.07) is 8.21. The van der Waals surface area contributed by atoms with Crippen LogP contribution in [0.5, 0.6) is 0 Å². The Kier molecular flexibility index (Phi) is 5.50. The molecule has 0 amide bonds. The molecule has 1 aromatic carbocycles. The molecule has 1 fully saturated rings. The number of esters is 1. The molecule has 1 aliphatic carbocycles. The zero-order chi connectivity index (χ0) is 21.6. The highest BCUT2D eigenvalue weighted by molar-refractivity contribution is 7.85. The Morgan fingerprint density at radius 3 is 2.70 bits per heavy atom. The van der Waals surface area contributed by atoms with Crippen LogP contribution in [0.25, 0.3) is 10.9 Å². The number of allylic oxidation sites excluding steroid dienone is 1. The molecule has 3 atom stereocenters. The van der Waals surface area contributed by atoms with Gasteiger partial charge in [-0.05, 0) is 25.0 Å². The van der Waals surface area contributed by atoms with Gasteiger partial charge in [0.1, 0.15) is 0 Å². The number of benzene rings is 1. The molecular formula is C22H28N2O5S. The van der Waals surface area contributed by atoms with Crippen molar-refractivity contribution in [2.75, 3.05) is 33.1 Å². The number of hydrogen-bond donors (Lipinski definition) is 0. The largest absolute Gasteiger partial charge is 0.469 e. The van der Waals surface area contributed by atoms with Gasteiger partial charge in [0.2, 0.25) is 0 Å². The maximum absolute atomic E-state index is 12.9. The second-order valence-corrected chi connectivity index (χ2v) is 9.74. The Balaban J connectivity index is 1.84. The van der Waals surface area contributed by atoms with E-state index in [1.165, 1.54) is 12.7 Å². The average Bonchev–Trinajstić information content (AvgIpc) is 3.01. The molecule has 1 saturated heterocycles. The minimum Gasteiger partial charge on any atom is -0.469 e. The van der Waals surface area contributed by atoms with Gasteiger partial charge in [-0.15, -0.1) is 0 Å². The smallest absolute Gasteiger partial charge is 0.313 e. The maximum Gasteiger partial charge on any atom is 0.313 e. The Labute approximate surface area is 177 Å². The molecule has 1 aliphatic heterocycles. The van der Waals surface area contributed by atoms with E-state index in [9.17, 15) is 13.2 Å². The summed E-state index contributed by atoms with van der Waals surface area (Å²) in [7, 11) is -0.000754. The van der Waals surface area contributed by atoms with Crippen molar-refractivity contribution in [1.82, 2.24) is 9.47 Å². The molecule has 0 radical (unpaired) electrons. The number of piperidine rings is 1. The fourth-order valence-corrected chi connectivity index (χ4v) is 5.64. The first-order valence-corrected chi connectivity index (χ1v) is 12.0. The summed E-state index contributed by atoms with van der Waals surface area (Å²) < 4.78 is 35.3. The summed E-state index contributed by atoms with van der Waals surface area (Å²) in [4.78, 5) is 15.2. The topological polar surface area (TPSA) is 77.8 Å². The first-order chi connectivity index (χ1) is 14.3. The van der Waals surface area contributed by atoms with Gasteiger partial charge in [-0.25, -0.2) is 0 Å². The molecule has 1 aromatic heterocycles. The van der Waals surface area contributed by atoms with Gasteiger partial charge in [0.25, 0.3) is 10.1 Å². The van der Waals surface area contributed by atoms with E-state index in [1.807, 2.05) is 26.1 Å². The number of likely N-dealkylation sites (tertiary alicyclic amines) is 1. The number of carbonyl (C=O) groups excluding carboxylic acids is 1.